The molecule has 0 heterocycles. The molecular formula is C19H23N3O4S2. The Morgan fingerprint density at radius 2 is 1.71 bits per heavy atom. The first-order valence-corrected chi connectivity index (χ1v) is 10.5. The SMILES string of the molecule is CCC(C)NS(=O)(=O)c1ccc(NC(=S)NC(=O)c2ccc(OC)cc2)cc1. The summed E-state index contributed by atoms with van der Waals surface area (Å²) in [7, 11) is -2.02. The summed E-state index contributed by atoms with van der Waals surface area (Å²) in [6.07, 6.45) is 0.695. The zero-order valence-corrected chi connectivity index (χ0v) is 17.5. The average molecular weight is 422 g/mol. The number of rotatable bonds is 7. The third-order valence-electron chi connectivity index (χ3n) is 3.97. The van der Waals surface area contributed by atoms with Gasteiger partial charge in [-0.1, -0.05) is 6.92 Å². The fourth-order valence-electron chi connectivity index (χ4n) is 2.21. The van der Waals surface area contributed by atoms with Gasteiger partial charge in [0, 0.05) is 17.3 Å². The second-order valence-corrected chi connectivity index (χ2v) is 8.21. The van der Waals surface area contributed by atoms with Crippen LogP contribution in [0.4, 0.5) is 5.69 Å². The minimum Gasteiger partial charge on any atom is -0.497 e. The van der Waals surface area contributed by atoms with Crippen LogP contribution in [-0.4, -0.2) is 32.6 Å². The molecule has 0 aromatic heterocycles. The lowest BCUT2D eigenvalue weighted by Crippen LogP contribution is -2.34. The quantitative estimate of drug-likeness (QED) is 0.595. The van der Waals surface area contributed by atoms with Crippen molar-refractivity contribution >= 4 is 38.9 Å². The van der Waals surface area contributed by atoms with Gasteiger partial charge in [-0.15, -0.1) is 0 Å². The third-order valence-corrected chi connectivity index (χ3v) is 5.78. The lowest BCUT2D eigenvalue weighted by atomic mass is 10.2. The van der Waals surface area contributed by atoms with Crippen molar-refractivity contribution in [2.24, 2.45) is 0 Å². The van der Waals surface area contributed by atoms with Crippen molar-refractivity contribution in [3.05, 3.63) is 54.1 Å². The number of hydrogen-bond acceptors (Lipinski definition) is 5. The first kappa shape index (κ1) is 21.8. The molecule has 1 unspecified atom stereocenters. The van der Waals surface area contributed by atoms with Crippen LogP contribution in [0.5, 0.6) is 5.75 Å². The number of nitrogens with one attached hydrogen (secondary N) is 3. The van der Waals surface area contributed by atoms with Crippen LogP contribution in [0.25, 0.3) is 0 Å². The van der Waals surface area contributed by atoms with Crippen molar-refractivity contribution in [3.8, 4) is 5.75 Å². The maximum atomic E-state index is 12.3. The first-order chi connectivity index (χ1) is 13.2. The van der Waals surface area contributed by atoms with Crippen LogP contribution in [0, 0.1) is 0 Å². The highest BCUT2D eigenvalue weighted by Gasteiger charge is 2.16. The van der Waals surface area contributed by atoms with Crippen LogP contribution in [0.2, 0.25) is 0 Å². The minimum atomic E-state index is -3.57. The summed E-state index contributed by atoms with van der Waals surface area (Å²) in [4.78, 5) is 12.4. The number of benzene rings is 2. The summed E-state index contributed by atoms with van der Waals surface area (Å²) < 4.78 is 32.2. The van der Waals surface area contributed by atoms with Gasteiger partial charge in [0.15, 0.2) is 5.11 Å². The van der Waals surface area contributed by atoms with Gasteiger partial charge in [0.05, 0.1) is 12.0 Å². The molecule has 7 nitrogen and oxygen atoms in total. The number of carbonyl (C=O) groups excluding carboxylic acids is 1. The second-order valence-electron chi connectivity index (χ2n) is 6.09. The molecule has 2 rings (SSSR count). The summed E-state index contributed by atoms with van der Waals surface area (Å²) in [5.74, 6) is 0.284. The average Bonchev–Trinajstić information content (AvgIpc) is 2.67. The molecule has 9 heteroatoms. The van der Waals surface area contributed by atoms with E-state index in [0.29, 0.717) is 23.4 Å². The van der Waals surface area contributed by atoms with Crippen molar-refractivity contribution in [1.29, 1.82) is 0 Å². The highest BCUT2D eigenvalue weighted by molar-refractivity contribution is 7.89. The van der Waals surface area contributed by atoms with Gasteiger partial charge in [0.1, 0.15) is 5.75 Å². The molecule has 0 bridgehead atoms. The van der Waals surface area contributed by atoms with Gasteiger partial charge in [-0.25, -0.2) is 13.1 Å². The molecule has 0 aliphatic carbocycles. The van der Waals surface area contributed by atoms with E-state index in [0.717, 1.165) is 0 Å². The Labute approximate surface area is 170 Å². The van der Waals surface area contributed by atoms with E-state index in [2.05, 4.69) is 15.4 Å². The number of ether oxygens (including phenoxy) is 1. The van der Waals surface area contributed by atoms with Gasteiger partial charge in [0.2, 0.25) is 10.0 Å². The van der Waals surface area contributed by atoms with E-state index in [1.54, 1.807) is 50.4 Å². The molecule has 1 amide bonds. The smallest absolute Gasteiger partial charge is 0.257 e. The molecule has 0 spiro atoms. The van der Waals surface area contributed by atoms with E-state index < -0.39 is 10.0 Å². The Hall–Kier alpha value is -2.49. The van der Waals surface area contributed by atoms with Crippen molar-refractivity contribution in [2.45, 2.75) is 31.2 Å². The number of anilines is 1. The lowest BCUT2D eigenvalue weighted by molar-refractivity contribution is 0.0977. The Morgan fingerprint density at radius 1 is 1.11 bits per heavy atom. The number of amides is 1. The third kappa shape index (κ3) is 6.01. The zero-order valence-electron chi connectivity index (χ0n) is 15.9. The van der Waals surface area contributed by atoms with Gasteiger partial charge in [-0.05, 0) is 74.1 Å². The van der Waals surface area contributed by atoms with Crippen LogP contribution >= 0.6 is 12.2 Å². The molecule has 2 aromatic rings. The van der Waals surface area contributed by atoms with Crippen molar-refractivity contribution in [1.82, 2.24) is 10.0 Å². The van der Waals surface area contributed by atoms with Crippen molar-refractivity contribution in [2.75, 3.05) is 12.4 Å². The molecule has 150 valence electrons. The molecule has 0 saturated heterocycles. The standard InChI is InChI=1S/C19H23N3O4S2/c1-4-13(2)22-28(24,25)17-11-7-15(8-12-17)20-19(27)21-18(23)14-5-9-16(26-3)10-6-14/h5-13,22H,4H2,1-3H3,(H2,20,21,23,27). The fourth-order valence-corrected chi connectivity index (χ4v) is 3.75. The molecule has 0 aliphatic rings. The van der Waals surface area contributed by atoms with E-state index >= 15 is 0 Å². The van der Waals surface area contributed by atoms with Crippen molar-refractivity contribution < 1.29 is 17.9 Å². The topological polar surface area (TPSA) is 96.5 Å². The number of carbonyl (C=O) groups is 1. The lowest BCUT2D eigenvalue weighted by Gasteiger charge is -2.13. The maximum Gasteiger partial charge on any atom is 0.257 e. The second kappa shape index (κ2) is 9.63. The first-order valence-electron chi connectivity index (χ1n) is 8.64. The molecule has 0 fully saturated rings. The number of hydrogen-bond donors (Lipinski definition) is 3. The molecule has 3 N–H and O–H groups in total. The van der Waals surface area contributed by atoms with Gasteiger partial charge < -0.3 is 10.1 Å². The maximum absolute atomic E-state index is 12.3. The zero-order chi connectivity index (χ0) is 20.7. The van der Waals surface area contributed by atoms with E-state index in [9.17, 15) is 13.2 Å². The summed E-state index contributed by atoms with van der Waals surface area (Å²) >= 11 is 5.14. The predicted octanol–water partition coefficient (Wildman–Crippen LogP) is 2.90. The van der Waals surface area contributed by atoms with Gasteiger partial charge in [-0.3, -0.25) is 10.1 Å². The highest BCUT2D eigenvalue weighted by atomic mass is 32.2. The Balaban J connectivity index is 1.97. The van der Waals surface area contributed by atoms with E-state index in [4.69, 9.17) is 17.0 Å². The van der Waals surface area contributed by atoms with E-state index in [1.807, 2.05) is 6.92 Å². The normalized spacial score (nSPS) is 12.1. The van der Waals surface area contributed by atoms with Crippen LogP contribution in [0.3, 0.4) is 0 Å². The van der Waals surface area contributed by atoms with Crippen LogP contribution in [0.15, 0.2) is 53.4 Å². The molecule has 0 saturated carbocycles. The highest BCUT2D eigenvalue weighted by Crippen LogP contribution is 2.15. The van der Waals surface area contributed by atoms with E-state index in [-0.39, 0.29) is 22.0 Å². The molecule has 0 radical (unpaired) electrons. The molecule has 28 heavy (non-hydrogen) atoms. The number of methoxy groups -OCH3 is 1. The van der Waals surface area contributed by atoms with Crippen LogP contribution in [-0.2, 0) is 10.0 Å². The minimum absolute atomic E-state index is 0.106. The largest absolute Gasteiger partial charge is 0.497 e. The van der Waals surface area contributed by atoms with Crippen molar-refractivity contribution in [3.63, 3.8) is 0 Å². The Morgan fingerprint density at radius 3 is 2.25 bits per heavy atom. The monoisotopic (exact) mass is 421 g/mol. The number of sulfonamides is 1. The number of thiocarbonyl (C=S) groups is 1. The molecule has 0 aliphatic heterocycles. The van der Waals surface area contributed by atoms with Gasteiger partial charge >= 0.3 is 0 Å². The van der Waals surface area contributed by atoms with Gasteiger partial charge in [-0.2, -0.15) is 0 Å². The Kier molecular flexibility index (Phi) is 7.50. The summed E-state index contributed by atoms with van der Waals surface area (Å²) in [6.45, 7) is 3.71. The predicted molar refractivity (Wildman–Crippen MR) is 113 cm³/mol. The van der Waals surface area contributed by atoms with Gasteiger partial charge in [0.25, 0.3) is 5.91 Å². The Bertz CT molecular complexity index is 927. The molecule has 2 aromatic carbocycles. The molecular weight excluding hydrogens is 398 g/mol. The van der Waals surface area contributed by atoms with Crippen LogP contribution in [0.1, 0.15) is 30.6 Å². The summed E-state index contributed by atoms with van der Waals surface area (Å²) in [6, 6.07) is 12.6. The summed E-state index contributed by atoms with van der Waals surface area (Å²) in [5.41, 5.74) is 0.991. The summed E-state index contributed by atoms with van der Waals surface area (Å²) in [5, 5.41) is 5.53. The fraction of sp³-hybridized carbons (Fsp3) is 0.263. The van der Waals surface area contributed by atoms with E-state index in [1.165, 1.54) is 12.1 Å². The van der Waals surface area contributed by atoms with Crippen LogP contribution < -0.4 is 20.1 Å². The molecule has 1 atom stereocenters.